The number of ether oxygens (including phenoxy) is 1. The molecule has 0 saturated carbocycles. The molecule has 0 aromatic heterocycles. The predicted octanol–water partition coefficient (Wildman–Crippen LogP) is 2.26. The van der Waals surface area contributed by atoms with Crippen molar-refractivity contribution in [3.05, 3.63) is 35.4 Å². The molecule has 1 saturated heterocycles. The van der Waals surface area contributed by atoms with Gasteiger partial charge in [-0.3, -0.25) is 4.79 Å². The number of amides is 1. The molecule has 1 fully saturated rings. The van der Waals surface area contributed by atoms with E-state index in [1.54, 1.807) is 7.11 Å². The molecule has 2 atom stereocenters. The number of hydrogen-bond acceptors (Lipinski definition) is 3. The van der Waals surface area contributed by atoms with Gasteiger partial charge in [0.1, 0.15) is 0 Å². The molecule has 2 rings (SSSR count). The molecule has 1 aromatic carbocycles. The van der Waals surface area contributed by atoms with E-state index in [9.17, 15) is 4.79 Å². The number of halogens is 1. The van der Waals surface area contributed by atoms with Crippen molar-refractivity contribution < 1.29 is 9.53 Å². The van der Waals surface area contributed by atoms with Gasteiger partial charge in [0.25, 0.3) is 0 Å². The second-order valence-corrected chi connectivity index (χ2v) is 5.50. The third-order valence-electron chi connectivity index (χ3n) is 3.87. The number of rotatable bonds is 5. The van der Waals surface area contributed by atoms with Gasteiger partial charge in [-0.1, -0.05) is 24.3 Å². The fourth-order valence-electron chi connectivity index (χ4n) is 2.72. The van der Waals surface area contributed by atoms with E-state index in [1.165, 1.54) is 0 Å². The van der Waals surface area contributed by atoms with Crippen LogP contribution in [-0.4, -0.2) is 25.6 Å². The number of hydrogen-bond donors (Lipinski definition) is 2. The minimum atomic E-state index is 0. The second-order valence-electron chi connectivity index (χ2n) is 5.50. The fraction of sp³-hybridized carbons (Fsp3) is 0.562. The van der Waals surface area contributed by atoms with Crippen molar-refractivity contribution >= 4 is 18.3 Å². The number of piperidine rings is 1. The third-order valence-corrected chi connectivity index (χ3v) is 3.87. The van der Waals surface area contributed by atoms with Crippen molar-refractivity contribution in [2.75, 3.05) is 13.7 Å². The van der Waals surface area contributed by atoms with Gasteiger partial charge in [-0.05, 0) is 37.4 Å². The Morgan fingerprint density at radius 3 is 2.76 bits per heavy atom. The van der Waals surface area contributed by atoms with Crippen LogP contribution in [0.5, 0.6) is 0 Å². The number of benzene rings is 1. The Morgan fingerprint density at radius 1 is 1.38 bits per heavy atom. The van der Waals surface area contributed by atoms with E-state index in [4.69, 9.17) is 4.74 Å². The zero-order valence-corrected chi connectivity index (χ0v) is 13.5. The Kier molecular flexibility index (Phi) is 7.72. The summed E-state index contributed by atoms with van der Waals surface area (Å²) in [6.45, 7) is 4.22. The van der Waals surface area contributed by atoms with Crippen LogP contribution in [0.2, 0.25) is 0 Å². The lowest BCUT2D eigenvalue weighted by molar-refractivity contribution is -0.126. The van der Waals surface area contributed by atoms with E-state index < -0.39 is 0 Å². The highest BCUT2D eigenvalue weighted by Gasteiger charge is 2.24. The Balaban J connectivity index is 0.00000220. The number of carbonyl (C=O) groups is 1. The molecular formula is C16H25ClN2O2. The monoisotopic (exact) mass is 312 g/mol. The molecule has 21 heavy (non-hydrogen) atoms. The van der Waals surface area contributed by atoms with Crippen molar-refractivity contribution in [1.29, 1.82) is 0 Å². The summed E-state index contributed by atoms with van der Waals surface area (Å²) in [5, 5.41) is 6.44. The zero-order valence-electron chi connectivity index (χ0n) is 12.7. The first-order chi connectivity index (χ1) is 9.70. The smallest absolute Gasteiger partial charge is 0.223 e. The van der Waals surface area contributed by atoms with Gasteiger partial charge < -0.3 is 15.4 Å². The van der Waals surface area contributed by atoms with E-state index >= 15 is 0 Å². The highest BCUT2D eigenvalue weighted by Crippen LogP contribution is 2.16. The van der Waals surface area contributed by atoms with Crippen LogP contribution in [0.25, 0.3) is 0 Å². The SMILES string of the molecule is COCc1ccccc1CNC(=O)[C@H]1CCN[C@@H](C)C1.Cl. The molecule has 0 spiro atoms. The van der Waals surface area contributed by atoms with E-state index in [-0.39, 0.29) is 24.2 Å². The largest absolute Gasteiger partial charge is 0.380 e. The molecule has 1 aromatic rings. The van der Waals surface area contributed by atoms with E-state index in [0.717, 1.165) is 30.5 Å². The van der Waals surface area contributed by atoms with Crippen LogP contribution in [-0.2, 0) is 22.7 Å². The molecule has 0 aliphatic carbocycles. The van der Waals surface area contributed by atoms with Crippen LogP contribution < -0.4 is 10.6 Å². The fourth-order valence-corrected chi connectivity index (χ4v) is 2.72. The minimum absolute atomic E-state index is 0. The third kappa shape index (κ3) is 5.30. The van der Waals surface area contributed by atoms with E-state index in [0.29, 0.717) is 19.2 Å². The maximum absolute atomic E-state index is 12.2. The zero-order chi connectivity index (χ0) is 14.4. The first kappa shape index (κ1) is 18.0. The number of nitrogens with one attached hydrogen (secondary N) is 2. The maximum atomic E-state index is 12.2. The minimum Gasteiger partial charge on any atom is -0.380 e. The highest BCUT2D eigenvalue weighted by atomic mass is 35.5. The summed E-state index contributed by atoms with van der Waals surface area (Å²) in [6, 6.07) is 8.50. The van der Waals surface area contributed by atoms with E-state index in [2.05, 4.69) is 17.6 Å². The van der Waals surface area contributed by atoms with Crippen molar-refractivity contribution in [1.82, 2.24) is 10.6 Å². The Hall–Kier alpha value is -1.10. The Bertz CT molecular complexity index is 454. The standard InChI is InChI=1S/C16H24N2O2.ClH/c1-12-9-13(7-8-17-12)16(19)18-10-14-5-3-4-6-15(14)11-20-2;/h3-6,12-13,17H,7-11H2,1-2H3,(H,18,19);1H/t12-,13-;/m0./s1. The highest BCUT2D eigenvalue weighted by molar-refractivity contribution is 5.85. The summed E-state index contributed by atoms with van der Waals surface area (Å²) in [4.78, 5) is 12.2. The summed E-state index contributed by atoms with van der Waals surface area (Å²) in [7, 11) is 1.69. The van der Waals surface area contributed by atoms with Gasteiger partial charge in [-0.15, -0.1) is 12.4 Å². The van der Waals surface area contributed by atoms with Gasteiger partial charge in [0.2, 0.25) is 5.91 Å². The average molecular weight is 313 g/mol. The molecule has 5 heteroatoms. The van der Waals surface area contributed by atoms with Crippen LogP contribution >= 0.6 is 12.4 Å². The van der Waals surface area contributed by atoms with Crippen molar-refractivity contribution in [2.24, 2.45) is 5.92 Å². The predicted molar refractivity (Wildman–Crippen MR) is 86.4 cm³/mol. The molecule has 1 amide bonds. The van der Waals surface area contributed by atoms with Gasteiger partial charge in [0.15, 0.2) is 0 Å². The average Bonchev–Trinajstić information content (AvgIpc) is 2.46. The first-order valence-corrected chi connectivity index (χ1v) is 7.27. The van der Waals surface area contributed by atoms with Gasteiger partial charge in [0.05, 0.1) is 6.61 Å². The molecule has 4 nitrogen and oxygen atoms in total. The quantitative estimate of drug-likeness (QED) is 0.877. The number of carbonyl (C=O) groups excluding carboxylic acids is 1. The molecule has 118 valence electrons. The molecular weight excluding hydrogens is 288 g/mol. The molecule has 0 bridgehead atoms. The van der Waals surface area contributed by atoms with E-state index in [1.807, 2.05) is 24.3 Å². The summed E-state index contributed by atoms with van der Waals surface area (Å²) in [5.74, 6) is 0.311. The van der Waals surface area contributed by atoms with Crippen molar-refractivity contribution in [3.8, 4) is 0 Å². The van der Waals surface area contributed by atoms with Gasteiger partial charge in [-0.2, -0.15) is 0 Å². The Labute approximate surface area is 133 Å². The van der Waals surface area contributed by atoms with Gasteiger partial charge >= 0.3 is 0 Å². The molecule has 2 N–H and O–H groups in total. The molecule has 1 heterocycles. The maximum Gasteiger partial charge on any atom is 0.223 e. The van der Waals surface area contributed by atoms with Gasteiger partial charge in [-0.25, -0.2) is 0 Å². The normalized spacial score (nSPS) is 21.4. The van der Waals surface area contributed by atoms with Crippen LogP contribution in [0.15, 0.2) is 24.3 Å². The Morgan fingerprint density at radius 2 is 2.10 bits per heavy atom. The summed E-state index contributed by atoms with van der Waals surface area (Å²) < 4.78 is 5.18. The van der Waals surface area contributed by atoms with Crippen LogP contribution in [0.1, 0.15) is 30.9 Å². The lowest BCUT2D eigenvalue weighted by Gasteiger charge is -2.27. The molecule has 0 unspecified atom stereocenters. The van der Waals surface area contributed by atoms with Gasteiger partial charge in [0, 0.05) is 25.6 Å². The van der Waals surface area contributed by atoms with Crippen LogP contribution in [0.3, 0.4) is 0 Å². The topological polar surface area (TPSA) is 50.4 Å². The molecule has 0 radical (unpaired) electrons. The summed E-state index contributed by atoms with van der Waals surface area (Å²) >= 11 is 0. The lowest BCUT2D eigenvalue weighted by Crippen LogP contribution is -2.42. The van der Waals surface area contributed by atoms with Crippen LogP contribution in [0, 0.1) is 5.92 Å². The number of methoxy groups -OCH3 is 1. The lowest BCUT2D eigenvalue weighted by atomic mass is 9.92. The summed E-state index contributed by atoms with van der Waals surface area (Å²) in [5.41, 5.74) is 2.26. The van der Waals surface area contributed by atoms with Crippen LogP contribution in [0.4, 0.5) is 0 Å². The van der Waals surface area contributed by atoms with Crippen molar-refractivity contribution in [3.63, 3.8) is 0 Å². The first-order valence-electron chi connectivity index (χ1n) is 7.27. The second kappa shape index (κ2) is 9.03. The molecule has 1 aliphatic heterocycles. The summed E-state index contributed by atoms with van der Waals surface area (Å²) in [6.07, 6.45) is 1.85. The van der Waals surface area contributed by atoms with Crippen molar-refractivity contribution in [2.45, 2.75) is 39.0 Å². The molecule has 1 aliphatic rings.